The number of fused-ring (bicyclic) bond motifs is 1. The molecule has 0 spiro atoms. The average Bonchev–Trinajstić information content (AvgIpc) is 3.10. The molecule has 0 saturated carbocycles. The second-order valence-corrected chi connectivity index (χ2v) is 13.6. The van der Waals surface area contributed by atoms with Crippen LogP contribution in [0.15, 0.2) is 41.6 Å². The number of rotatable bonds is 6. The van der Waals surface area contributed by atoms with Gasteiger partial charge in [0, 0.05) is 49.3 Å². The number of carbonyl (C=O) groups excluding carboxylic acids is 3. The highest BCUT2D eigenvalue weighted by atomic mass is 32.3. The van der Waals surface area contributed by atoms with Crippen LogP contribution >= 0.6 is 10.8 Å². The van der Waals surface area contributed by atoms with Crippen LogP contribution in [0.2, 0.25) is 0 Å². The number of alkyl carbamates (subject to hydrolysis) is 2. The number of hydrogen-bond acceptors (Lipinski definition) is 9. The number of pyridine rings is 1. The zero-order chi connectivity index (χ0) is 29.7. The van der Waals surface area contributed by atoms with E-state index >= 15 is 0 Å². The van der Waals surface area contributed by atoms with Gasteiger partial charge in [0.2, 0.25) is 5.91 Å². The molecular formula is C27H41N5O7S. The van der Waals surface area contributed by atoms with E-state index in [9.17, 15) is 23.5 Å². The zero-order valence-corrected chi connectivity index (χ0v) is 24.8. The minimum Gasteiger partial charge on any atom is -0.444 e. The third-order valence-electron chi connectivity index (χ3n) is 5.90. The van der Waals surface area contributed by atoms with E-state index in [1.165, 1.54) is 0 Å². The fourth-order valence-electron chi connectivity index (χ4n) is 4.21. The van der Waals surface area contributed by atoms with E-state index in [-0.39, 0.29) is 19.6 Å². The van der Waals surface area contributed by atoms with Crippen LogP contribution in [0.25, 0.3) is 10.8 Å². The molecular weight excluding hydrogens is 538 g/mol. The number of benzene rings is 1. The lowest BCUT2D eigenvalue weighted by Gasteiger charge is -2.43. The first-order chi connectivity index (χ1) is 18.6. The minimum atomic E-state index is -3.36. The van der Waals surface area contributed by atoms with Crippen molar-refractivity contribution in [3.05, 3.63) is 36.7 Å². The maximum Gasteiger partial charge on any atom is 0.408 e. The Labute approximate surface area is 236 Å². The lowest BCUT2D eigenvalue weighted by Crippen LogP contribution is -2.55. The molecule has 3 rings (SSSR count). The first-order valence-electron chi connectivity index (χ1n) is 13.2. The van der Waals surface area contributed by atoms with Crippen LogP contribution in [0, 0.1) is 0 Å². The molecule has 1 aliphatic heterocycles. The van der Waals surface area contributed by atoms with E-state index in [1.54, 1.807) is 81.3 Å². The van der Waals surface area contributed by atoms with Gasteiger partial charge in [-0.25, -0.2) is 13.9 Å². The van der Waals surface area contributed by atoms with Crippen molar-refractivity contribution in [1.29, 1.82) is 0 Å². The second kappa shape index (κ2) is 12.6. The molecule has 3 amide bonds. The number of nitrogens with zero attached hydrogens (tertiary/aromatic N) is 3. The summed E-state index contributed by atoms with van der Waals surface area (Å²) >= 11 is 0. The van der Waals surface area contributed by atoms with Crippen molar-refractivity contribution in [2.24, 2.45) is 0 Å². The highest BCUT2D eigenvalue weighted by Gasteiger charge is 2.33. The molecule has 1 aromatic heterocycles. The molecule has 1 fully saturated rings. The molecule has 13 heteroatoms. The molecule has 40 heavy (non-hydrogen) atoms. The fraction of sp³-hybridized carbons (Fsp3) is 0.556. The van der Waals surface area contributed by atoms with Crippen molar-refractivity contribution in [2.75, 3.05) is 32.7 Å². The van der Waals surface area contributed by atoms with Gasteiger partial charge in [-0.05, 0) is 60.1 Å². The van der Waals surface area contributed by atoms with Gasteiger partial charge in [0.25, 0.3) is 0 Å². The number of nitrogens with one attached hydrogen (secondary N) is 2. The van der Waals surface area contributed by atoms with Crippen LogP contribution in [0.1, 0.15) is 48.0 Å². The van der Waals surface area contributed by atoms with Crippen LogP contribution in [0.4, 0.5) is 9.59 Å². The van der Waals surface area contributed by atoms with Crippen molar-refractivity contribution in [3.8, 4) is 0 Å². The molecule has 4 N–H and O–H groups in total. The predicted octanol–water partition coefficient (Wildman–Crippen LogP) is 4.21. The van der Waals surface area contributed by atoms with Crippen molar-refractivity contribution < 1.29 is 33.0 Å². The summed E-state index contributed by atoms with van der Waals surface area (Å²) in [4.78, 5) is 44.4. The van der Waals surface area contributed by atoms with Gasteiger partial charge < -0.3 is 25.0 Å². The summed E-state index contributed by atoms with van der Waals surface area (Å²) in [5.41, 5.74) is -1.52. The van der Waals surface area contributed by atoms with E-state index in [2.05, 4.69) is 15.6 Å². The molecule has 12 nitrogen and oxygen atoms in total. The van der Waals surface area contributed by atoms with Crippen LogP contribution in [0.3, 0.4) is 0 Å². The zero-order valence-electron chi connectivity index (χ0n) is 24.0. The minimum absolute atomic E-state index is 0.181. The van der Waals surface area contributed by atoms with E-state index in [4.69, 9.17) is 9.47 Å². The number of ether oxygens (including phenoxy) is 2. The van der Waals surface area contributed by atoms with Crippen LogP contribution in [-0.2, 0) is 14.3 Å². The maximum atomic E-state index is 13.6. The topological polar surface area (TPSA) is 154 Å². The number of carbonyl (C=O) groups is 3. The summed E-state index contributed by atoms with van der Waals surface area (Å²) in [5.74, 6) is -0.434. The molecule has 2 aromatic rings. The lowest BCUT2D eigenvalue weighted by molar-refractivity contribution is -0.133. The van der Waals surface area contributed by atoms with Crippen LogP contribution in [0.5, 0.6) is 0 Å². The Hall–Kier alpha value is -3.13. The summed E-state index contributed by atoms with van der Waals surface area (Å²) in [5, 5.41) is 6.60. The molecule has 1 aliphatic rings. The SMILES string of the molecule is CC(C)(C)OC(=O)NC[C@@H](NC(=O)OC(C)(C)C)C(=O)N1CCCN(S(O)(O)c2cccc3cnccc23)CC1. The molecule has 0 bridgehead atoms. The Balaban J connectivity index is 1.74. The van der Waals surface area contributed by atoms with Crippen molar-refractivity contribution in [1.82, 2.24) is 24.8 Å². The smallest absolute Gasteiger partial charge is 0.408 e. The van der Waals surface area contributed by atoms with E-state index in [0.29, 0.717) is 29.8 Å². The third-order valence-corrected chi connectivity index (χ3v) is 7.93. The molecule has 0 unspecified atom stereocenters. The third kappa shape index (κ3) is 8.68. The standard InChI is InChI=1S/C27H41N5O7S/c1-26(2,3)38-24(34)29-18-21(30-25(35)39-27(4,5)6)23(33)31-13-8-14-32(16-15-31)40(36,37)22-10-7-9-19-17-28-12-11-20(19)22/h7,9-12,17,21,36-37H,8,13-16,18H2,1-6H3,(H,29,34)(H,30,35)/t21-/m1/s1. The Morgan fingerprint density at radius 1 is 0.975 bits per heavy atom. The Morgan fingerprint density at radius 2 is 1.65 bits per heavy atom. The molecule has 1 saturated heterocycles. The molecule has 1 aromatic carbocycles. The summed E-state index contributed by atoms with van der Waals surface area (Å²) < 4.78 is 34.8. The maximum absolute atomic E-state index is 13.6. The largest absolute Gasteiger partial charge is 0.444 e. The molecule has 0 radical (unpaired) electrons. The highest BCUT2D eigenvalue weighted by Crippen LogP contribution is 2.54. The normalized spacial score (nSPS) is 16.6. The quantitative estimate of drug-likeness (QED) is 0.394. The van der Waals surface area contributed by atoms with Gasteiger partial charge in [-0.1, -0.05) is 12.1 Å². The number of aromatic nitrogens is 1. The van der Waals surface area contributed by atoms with E-state index in [1.807, 2.05) is 6.07 Å². The van der Waals surface area contributed by atoms with Crippen LogP contribution in [-0.4, -0.2) is 91.4 Å². The first kappa shape index (κ1) is 31.4. The van der Waals surface area contributed by atoms with E-state index < -0.39 is 46.1 Å². The molecule has 1 atom stereocenters. The van der Waals surface area contributed by atoms with Gasteiger partial charge >= 0.3 is 12.2 Å². The molecule has 2 heterocycles. The number of hydrogen-bond donors (Lipinski definition) is 4. The van der Waals surface area contributed by atoms with Crippen molar-refractivity contribution in [3.63, 3.8) is 0 Å². The highest BCUT2D eigenvalue weighted by molar-refractivity contribution is 8.22. The van der Waals surface area contributed by atoms with Gasteiger partial charge in [-0.3, -0.25) is 18.9 Å². The van der Waals surface area contributed by atoms with Gasteiger partial charge in [-0.2, -0.15) is 0 Å². The second-order valence-electron chi connectivity index (χ2n) is 11.6. The van der Waals surface area contributed by atoms with Gasteiger partial charge in [0.1, 0.15) is 17.2 Å². The Bertz CT molecular complexity index is 1210. The van der Waals surface area contributed by atoms with Crippen molar-refractivity contribution >= 4 is 39.6 Å². The first-order valence-corrected chi connectivity index (χ1v) is 14.7. The predicted molar refractivity (Wildman–Crippen MR) is 153 cm³/mol. The average molecular weight is 580 g/mol. The molecule has 0 aliphatic carbocycles. The summed E-state index contributed by atoms with van der Waals surface area (Å²) in [6.45, 7) is 11.1. The Morgan fingerprint density at radius 3 is 2.33 bits per heavy atom. The van der Waals surface area contributed by atoms with Crippen LogP contribution < -0.4 is 10.6 Å². The van der Waals surface area contributed by atoms with Gasteiger partial charge in [0.05, 0.1) is 11.4 Å². The monoisotopic (exact) mass is 579 g/mol. The summed E-state index contributed by atoms with van der Waals surface area (Å²) in [6.07, 6.45) is 2.21. The lowest BCUT2D eigenvalue weighted by atomic mass is 10.2. The fourth-order valence-corrected chi connectivity index (χ4v) is 5.95. The van der Waals surface area contributed by atoms with Gasteiger partial charge in [-0.15, -0.1) is 10.8 Å². The van der Waals surface area contributed by atoms with E-state index in [0.717, 1.165) is 5.39 Å². The van der Waals surface area contributed by atoms with Gasteiger partial charge in [0.15, 0.2) is 0 Å². The molecule has 222 valence electrons. The summed E-state index contributed by atoms with van der Waals surface area (Å²) in [7, 11) is -3.36. The summed E-state index contributed by atoms with van der Waals surface area (Å²) in [6, 6.07) is 5.92. The number of amides is 3. The van der Waals surface area contributed by atoms with Crippen molar-refractivity contribution in [2.45, 2.75) is 70.1 Å². The Kier molecular flexibility index (Phi) is 9.88.